The maximum absolute atomic E-state index is 13.0. The zero-order valence-electron chi connectivity index (χ0n) is 41.2. The number of aliphatic hydroxyl groups is 2. The summed E-state index contributed by atoms with van der Waals surface area (Å²) in [5, 5.41) is 31.3. The zero-order chi connectivity index (χ0) is 47.6. The molecule has 1 rings (SSSR count). The van der Waals surface area contributed by atoms with E-state index in [4.69, 9.17) is 23.7 Å². The number of aliphatic carboxylic acids is 1. The number of carbonyl (C=O) groups excluding carboxylic acids is 3. The molecule has 1 heterocycles. The van der Waals surface area contributed by atoms with Gasteiger partial charge in [-0.2, -0.15) is 0 Å². The van der Waals surface area contributed by atoms with Crippen molar-refractivity contribution in [1.29, 1.82) is 0 Å². The summed E-state index contributed by atoms with van der Waals surface area (Å²) in [5.74, 6) is -3.11. The van der Waals surface area contributed by atoms with E-state index in [1.165, 1.54) is 89.9 Å². The van der Waals surface area contributed by atoms with Gasteiger partial charge in [0.2, 0.25) is 0 Å². The predicted octanol–water partition coefficient (Wildman–Crippen LogP) is 12.3. The molecule has 3 N–H and O–H groups in total. The second-order valence-corrected chi connectivity index (χ2v) is 18.2. The van der Waals surface area contributed by atoms with Crippen LogP contribution in [0.15, 0.2) is 24.3 Å². The van der Waals surface area contributed by atoms with Crippen molar-refractivity contribution in [2.75, 3.05) is 13.2 Å². The molecule has 12 heteroatoms. The minimum atomic E-state index is -1.90. The van der Waals surface area contributed by atoms with Gasteiger partial charge < -0.3 is 39.0 Å². The summed E-state index contributed by atoms with van der Waals surface area (Å²) in [6, 6.07) is 0. The number of unbranched alkanes of at least 4 members (excludes halogenated alkanes) is 26. The summed E-state index contributed by atoms with van der Waals surface area (Å²) < 4.78 is 28.2. The van der Waals surface area contributed by atoms with Crippen molar-refractivity contribution in [2.45, 2.75) is 276 Å². The number of carbonyl (C=O) groups is 4. The van der Waals surface area contributed by atoms with E-state index in [1.807, 2.05) is 0 Å². The summed E-state index contributed by atoms with van der Waals surface area (Å²) in [6.45, 7) is 5.90. The van der Waals surface area contributed by atoms with Crippen LogP contribution in [0, 0.1) is 0 Å². The number of aliphatic hydroxyl groups excluding tert-OH is 2. The number of rotatable bonds is 44. The molecule has 0 aromatic carbocycles. The van der Waals surface area contributed by atoms with Crippen LogP contribution in [0.5, 0.6) is 0 Å². The highest BCUT2D eigenvalue weighted by atomic mass is 16.7. The normalized spacial score (nSPS) is 19.2. The van der Waals surface area contributed by atoms with Crippen LogP contribution in [0.1, 0.15) is 239 Å². The summed E-state index contributed by atoms with van der Waals surface area (Å²) in [5.41, 5.74) is 0. The first-order valence-electron chi connectivity index (χ1n) is 26.3. The third kappa shape index (κ3) is 33.3. The van der Waals surface area contributed by atoms with Crippen molar-refractivity contribution in [3.63, 3.8) is 0 Å². The van der Waals surface area contributed by atoms with Crippen LogP contribution in [0.4, 0.5) is 0 Å². The molecule has 378 valence electrons. The summed E-state index contributed by atoms with van der Waals surface area (Å²) >= 11 is 0. The molecule has 1 aliphatic heterocycles. The first-order chi connectivity index (χ1) is 31.6. The van der Waals surface area contributed by atoms with Crippen LogP contribution in [0.2, 0.25) is 0 Å². The lowest BCUT2D eigenvalue weighted by Gasteiger charge is -2.40. The molecule has 12 nitrogen and oxygen atoms in total. The van der Waals surface area contributed by atoms with Crippen LogP contribution in [-0.4, -0.2) is 89.2 Å². The second-order valence-electron chi connectivity index (χ2n) is 18.2. The maximum Gasteiger partial charge on any atom is 0.335 e. The standard InChI is InChI=1S/C53H94O12/c1-4-7-10-13-16-19-20-21-22-23-24-25-26-29-32-35-38-41-47(56)64-51-49(58)48(57)50(52(59)60)65-53(51)62-43-44(63-46(55)40-37-34-31-28-18-15-12-9-6-3)42-61-45(54)39-36-33-30-27-17-14-11-8-5-2/h16,19,21-22,44,48-51,53,57-58H,4-15,17-18,20,23-43H2,1-3H3,(H,59,60)/b19-16-,22-21-. The molecule has 1 saturated heterocycles. The van der Waals surface area contributed by atoms with Crippen molar-refractivity contribution in [2.24, 2.45) is 0 Å². The molecule has 0 aliphatic carbocycles. The third-order valence-electron chi connectivity index (χ3n) is 12.0. The molecule has 0 spiro atoms. The van der Waals surface area contributed by atoms with E-state index in [0.29, 0.717) is 19.3 Å². The van der Waals surface area contributed by atoms with Gasteiger partial charge in [-0.15, -0.1) is 0 Å². The fourth-order valence-corrected chi connectivity index (χ4v) is 7.93. The fraction of sp³-hybridized carbons (Fsp3) is 0.849. The van der Waals surface area contributed by atoms with Crippen LogP contribution in [0.3, 0.4) is 0 Å². The van der Waals surface area contributed by atoms with Crippen molar-refractivity contribution in [3.8, 4) is 0 Å². The number of carboxylic acids is 1. The highest BCUT2D eigenvalue weighted by Crippen LogP contribution is 2.26. The average molecular weight is 923 g/mol. The molecule has 6 unspecified atom stereocenters. The Morgan fingerprint density at radius 1 is 0.508 bits per heavy atom. The molecule has 0 aromatic rings. The van der Waals surface area contributed by atoms with E-state index in [-0.39, 0.29) is 25.9 Å². The minimum Gasteiger partial charge on any atom is -0.479 e. The Morgan fingerprint density at radius 2 is 0.923 bits per heavy atom. The van der Waals surface area contributed by atoms with Gasteiger partial charge in [-0.3, -0.25) is 14.4 Å². The van der Waals surface area contributed by atoms with E-state index in [0.717, 1.165) is 89.9 Å². The topological polar surface area (TPSA) is 175 Å². The molecule has 6 atom stereocenters. The van der Waals surface area contributed by atoms with Crippen LogP contribution >= 0.6 is 0 Å². The van der Waals surface area contributed by atoms with Crippen molar-refractivity contribution in [3.05, 3.63) is 24.3 Å². The lowest BCUT2D eigenvalue weighted by Crippen LogP contribution is -2.61. The van der Waals surface area contributed by atoms with Gasteiger partial charge in [-0.1, -0.05) is 193 Å². The van der Waals surface area contributed by atoms with E-state index in [9.17, 15) is 34.5 Å². The molecule has 0 radical (unpaired) electrons. The molecular formula is C53H94O12. The predicted molar refractivity (Wildman–Crippen MR) is 257 cm³/mol. The molecule has 0 amide bonds. The molecule has 0 saturated carbocycles. The quantitative estimate of drug-likeness (QED) is 0.0229. The average Bonchev–Trinajstić information content (AvgIpc) is 3.29. The van der Waals surface area contributed by atoms with Gasteiger partial charge >= 0.3 is 23.9 Å². The van der Waals surface area contributed by atoms with Crippen LogP contribution in [0.25, 0.3) is 0 Å². The first-order valence-corrected chi connectivity index (χ1v) is 26.3. The van der Waals surface area contributed by atoms with Gasteiger partial charge in [0, 0.05) is 19.3 Å². The molecule has 0 bridgehead atoms. The van der Waals surface area contributed by atoms with Gasteiger partial charge in [0.1, 0.15) is 18.8 Å². The third-order valence-corrected chi connectivity index (χ3v) is 12.0. The lowest BCUT2D eigenvalue weighted by molar-refractivity contribution is -0.301. The number of carboxylic acid groups (broad SMARTS) is 1. The van der Waals surface area contributed by atoms with Crippen LogP contribution < -0.4 is 0 Å². The molecular weight excluding hydrogens is 829 g/mol. The maximum atomic E-state index is 13.0. The number of ether oxygens (including phenoxy) is 5. The van der Waals surface area contributed by atoms with E-state index >= 15 is 0 Å². The highest BCUT2D eigenvalue weighted by molar-refractivity contribution is 5.74. The Kier molecular flexibility index (Phi) is 39.4. The Morgan fingerprint density at radius 3 is 1.42 bits per heavy atom. The molecule has 0 aromatic heterocycles. The van der Waals surface area contributed by atoms with Crippen molar-refractivity contribution < 1.29 is 58.2 Å². The van der Waals surface area contributed by atoms with Crippen molar-refractivity contribution in [1.82, 2.24) is 0 Å². The molecule has 1 fully saturated rings. The second kappa shape index (κ2) is 42.5. The Labute approximate surface area is 394 Å². The summed E-state index contributed by atoms with van der Waals surface area (Å²) in [7, 11) is 0. The summed E-state index contributed by atoms with van der Waals surface area (Å²) in [6.07, 6.45) is 33.2. The minimum absolute atomic E-state index is 0.0558. The smallest absolute Gasteiger partial charge is 0.335 e. The zero-order valence-corrected chi connectivity index (χ0v) is 41.2. The number of esters is 3. The van der Waals surface area contributed by atoms with Gasteiger partial charge in [0.25, 0.3) is 0 Å². The van der Waals surface area contributed by atoms with E-state index < -0.39 is 67.3 Å². The fourth-order valence-electron chi connectivity index (χ4n) is 7.93. The lowest BCUT2D eigenvalue weighted by atomic mass is 9.98. The Balaban J connectivity index is 2.68. The van der Waals surface area contributed by atoms with Gasteiger partial charge in [0.05, 0.1) is 6.61 Å². The summed E-state index contributed by atoms with van der Waals surface area (Å²) in [4.78, 5) is 50.6. The Hall–Kier alpha value is -2.80. The highest BCUT2D eigenvalue weighted by Gasteiger charge is 2.50. The van der Waals surface area contributed by atoms with Gasteiger partial charge in [-0.05, 0) is 51.4 Å². The van der Waals surface area contributed by atoms with Gasteiger partial charge in [-0.25, -0.2) is 4.79 Å². The van der Waals surface area contributed by atoms with E-state index in [1.54, 1.807) is 0 Å². The van der Waals surface area contributed by atoms with Crippen LogP contribution in [-0.2, 0) is 42.9 Å². The SMILES string of the molecule is CCCCC/C=C\C/C=C\CCCCCCCCCC(=O)OC1C(OCC(COC(=O)CCCCCCCCCCC)OC(=O)CCCCCCCCCCC)OC(C(=O)O)C(O)C1O. The molecule has 65 heavy (non-hydrogen) atoms. The first kappa shape index (κ1) is 60.2. The van der Waals surface area contributed by atoms with Gasteiger partial charge in [0.15, 0.2) is 24.6 Å². The number of hydrogen-bond donors (Lipinski definition) is 3. The Bertz CT molecular complexity index is 1240. The number of hydrogen-bond acceptors (Lipinski definition) is 11. The molecule has 1 aliphatic rings. The van der Waals surface area contributed by atoms with E-state index in [2.05, 4.69) is 45.1 Å². The largest absolute Gasteiger partial charge is 0.479 e. The monoisotopic (exact) mass is 923 g/mol. The number of allylic oxidation sites excluding steroid dienone is 4. The van der Waals surface area contributed by atoms with Crippen molar-refractivity contribution >= 4 is 23.9 Å².